The van der Waals surface area contributed by atoms with Gasteiger partial charge >= 0.3 is 0 Å². The Morgan fingerprint density at radius 1 is 1.08 bits per heavy atom. The van der Waals surface area contributed by atoms with E-state index in [1.54, 1.807) is 36.4 Å². The van der Waals surface area contributed by atoms with E-state index in [1.165, 1.54) is 16.4 Å². The van der Waals surface area contributed by atoms with E-state index in [0.29, 0.717) is 32.1 Å². The van der Waals surface area contributed by atoms with Crippen LogP contribution in [-0.4, -0.2) is 38.5 Å². The van der Waals surface area contributed by atoms with Gasteiger partial charge in [0.1, 0.15) is 11.6 Å². The Hall–Kier alpha value is -1.96. The fourth-order valence-corrected chi connectivity index (χ4v) is 4.02. The summed E-state index contributed by atoms with van der Waals surface area (Å²) in [7, 11) is -3.51. The molecule has 1 aliphatic rings. The Labute approximate surface area is 147 Å². The van der Waals surface area contributed by atoms with Crippen LogP contribution in [-0.2, 0) is 21.4 Å². The summed E-state index contributed by atoms with van der Waals surface area (Å²) >= 11 is 0. The van der Waals surface area contributed by atoms with Gasteiger partial charge < -0.3 is 9.47 Å². The maximum atomic E-state index is 12.9. The van der Waals surface area contributed by atoms with E-state index in [2.05, 4.69) is 0 Å². The lowest BCUT2D eigenvalue weighted by Gasteiger charge is -2.37. The molecule has 0 unspecified atom stereocenters. The number of nitrogens with zero attached hydrogens (tertiary/aromatic N) is 1. The molecular formula is C18H20FNO4S. The van der Waals surface area contributed by atoms with Crippen molar-refractivity contribution in [2.24, 2.45) is 0 Å². The van der Waals surface area contributed by atoms with Gasteiger partial charge in [0.05, 0.1) is 24.2 Å². The van der Waals surface area contributed by atoms with Crippen LogP contribution < -0.4 is 4.74 Å². The topological polar surface area (TPSA) is 55.8 Å². The van der Waals surface area contributed by atoms with Crippen LogP contribution in [0.4, 0.5) is 4.39 Å². The highest BCUT2D eigenvalue weighted by atomic mass is 32.2. The summed E-state index contributed by atoms with van der Waals surface area (Å²) in [6.07, 6.45) is -0.150. The monoisotopic (exact) mass is 365 g/mol. The SMILES string of the molecule is CCOc1ccc(S(=O)(=O)N2CC(OCc3ccc(F)cc3)C2)cc1. The maximum absolute atomic E-state index is 12.9. The van der Waals surface area contributed by atoms with E-state index in [-0.39, 0.29) is 16.8 Å². The van der Waals surface area contributed by atoms with Crippen LogP contribution in [0.2, 0.25) is 0 Å². The number of sulfonamides is 1. The van der Waals surface area contributed by atoms with E-state index in [9.17, 15) is 12.8 Å². The van der Waals surface area contributed by atoms with E-state index >= 15 is 0 Å². The van der Waals surface area contributed by atoms with Crippen LogP contribution in [0.1, 0.15) is 12.5 Å². The molecule has 1 fully saturated rings. The molecular weight excluding hydrogens is 345 g/mol. The molecule has 0 atom stereocenters. The van der Waals surface area contributed by atoms with Gasteiger partial charge in [-0.05, 0) is 48.9 Å². The van der Waals surface area contributed by atoms with Crippen LogP contribution in [0.25, 0.3) is 0 Å². The Morgan fingerprint density at radius 3 is 2.32 bits per heavy atom. The lowest BCUT2D eigenvalue weighted by Crippen LogP contribution is -2.54. The Morgan fingerprint density at radius 2 is 1.72 bits per heavy atom. The quantitative estimate of drug-likeness (QED) is 0.757. The molecule has 0 radical (unpaired) electrons. The van der Waals surface area contributed by atoms with E-state index < -0.39 is 10.0 Å². The molecule has 2 aromatic carbocycles. The molecule has 0 saturated carbocycles. The highest BCUT2D eigenvalue weighted by molar-refractivity contribution is 7.89. The lowest BCUT2D eigenvalue weighted by molar-refractivity contribution is -0.0295. The van der Waals surface area contributed by atoms with Gasteiger partial charge in [-0.1, -0.05) is 12.1 Å². The van der Waals surface area contributed by atoms with Gasteiger partial charge in [-0.3, -0.25) is 0 Å². The second kappa shape index (κ2) is 7.51. The van der Waals surface area contributed by atoms with E-state index in [0.717, 1.165) is 5.56 Å². The number of halogens is 1. The molecule has 0 N–H and O–H groups in total. The molecule has 7 heteroatoms. The van der Waals surface area contributed by atoms with Gasteiger partial charge in [-0.25, -0.2) is 12.8 Å². The van der Waals surface area contributed by atoms with Crippen LogP contribution in [0.5, 0.6) is 5.75 Å². The minimum Gasteiger partial charge on any atom is -0.494 e. The van der Waals surface area contributed by atoms with Crippen molar-refractivity contribution in [1.82, 2.24) is 4.31 Å². The zero-order valence-corrected chi connectivity index (χ0v) is 14.7. The largest absolute Gasteiger partial charge is 0.494 e. The highest BCUT2D eigenvalue weighted by Crippen LogP contribution is 2.25. The Bertz CT molecular complexity index is 800. The molecule has 3 rings (SSSR count). The first-order chi connectivity index (χ1) is 12.0. The lowest BCUT2D eigenvalue weighted by atomic mass is 10.2. The third kappa shape index (κ3) is 4.18. The first kappa shape index (κ1) is 17.8. The average Bonchev–Trinajstić information content (AvgIpc) is 2.56. The predicted octanol–water partition coefficient (Wildman–Crippen LogP) is 2.81. The van der Waals surface area contributed by atoms with Crippen LogP contribution in [0, 0.1) is 5.82 Å². The van der Waals surface area contributed by atoms with Crippen molar-refractivity contribution in [3.63, 3.8) is 0 Å². The molecule has 0 bridgehead atoms. The summed E-state index contributed by atoms with van der Waals surface area (Å²) in [5, 5.41) is 0. The molecule has 1 heterocycles. The number of hydrogen-bond acceptors (Lipinski definition) is 4. The summed E-state index contributed by atoms with van der Waals surface area (Å²) in [6, 6.07) is 12.5. The molecule has 134 valence electrons. The molecule has 0 amide bonds. The van der Waals surface area contributed by atoms with Crippen molar-refractivity contribution in [2.45, 2.75) is 24.5 Å². The normalized spacial score (nSPS) is 15.8. The molecule has 25 heavy (non-hydrogen) atoms. The third-order valence-corrected chi connectivity index (χ3v) is 5.83. The minimum atomic E-state index is -3.51. The summed E-state index contributed by atoms with van der Waals surface area (Å²) in [6.45, 7) is 3.37. The van der Waals surface area contributed by atoms with Crippen molar-refractivity contribution >= 4 is 10.0 Å². The second-order valence-corrected chi connectivity index (χ2v) is 7.72. The molecule has 2 aromatic rings. The standard InChI is InChI=1S/C18H20FNO4S/c1-2-23-16-7-9-18(10-8-16)25(21,22)20-11-17(12-20)24-13-14-3-5-15(19)6-4-14/h3-10,17H,2,11-13H2,1H3. The second-order valence-electron chi connectivity index (χ2n) is 5.79. The van der Waals surface area contributed by atoms with Crippen molar-refractivity contribution in [1.29, 1.82) is 0 Å². The molecule has 5 nitrogen and oxygen atoms in total. The predicted molar refractivity (Wildman–Crippen MR) is 91.3 cm³/mol. The molecule has 1 saturated heterocycles. The smallest absolute Gasteiger partial charge is 0.243 e. The third-order valence-electron chi connectivity index (χ3n) is 3.99. The van der Waals surface area contributed by atoms with Crippen molar-refractivity contribution < 1.29 is 22.3 Å². The van der Waals surface area contributed by atoms with Gasteiger partial charge in [0, 0.05) is 13.1 Å². The number of rotatable bonds is 7. The molecule has 0 aliphatic carbocycles. The zero-order valence-electron chi connectivity index (χ0n) is 13.9. The van der Waals surface area contributed by atoms with Crippen LogP contribution in [0.15, 0.2) is 53.4 Å². The number of ether oxygens (including phenoxy) is 2. The zero-order chi connectivity index (χ0) is 17.9. The van der Waals surface area contributed by atoms with Gasteiger partial charge in [-0.2, -0.15) is 4.31 Å². The van der Waals surface area contributed by atoms with Crippen molar-refractivity contribution in [3.05, 3.63) is 59.9 Å². The van der Waals surface area contributed by atoms with Crippen LogP contribution in [0.3, 0.4) is 0 Å². The van der Waals surface area contributed by atoms with E-state index in [1.807, 2.05) is 6.92 Å². The van der Waals surface area contributed by atoms with Gasteiger partial charge in [-0.15, -0.1) is 0 Å². The average molecular weight is 365 g/mol. The first-order valence-electron chi connectivity index (χ1n) is 8.08. The molecule has 1 aliphatic heterocycles. The first-order valence-corrected chi connectivity index (χ1v) is 9.52. The maximum Gasteiger partial charge on any atom is 0.243 e. The van der Waals surface area contributed by atoms with Crippen molar-refractivity contribution in [3.8, 4) is 5.75 Å². The molecule has 0 spiro atoms. The van der Waals surface area contributed by atoms with E-state index in [4.69, 9.17) is 9.47 Å². The molecule has 0 aromatic heterocycles. The minimum absolute atomic E-state index is 0.150. The Kier molecular flexibility index (Phi) is 5.36. The fraction of sp³-hybridized carbons (Fsp3) is 0.333. The summed E-state index contributed by atoms with van der Waals surface area (Å²) < 4.78 is 50.3. The highest BCUT2D eigenvalue weighted by Gasteiger charge is 2.37. The van der Waals surface area contributed by atoms with Crippen molar-refractivity contribution in [2.75, 3.05) is 19.7 Å². The van der Waals surface area contributed by atoms with Gasteiger partial charge in [0.15, 0.2) is 0 Å². The van der Waals surface area contributed by atoms with Crippen LogP contribution >= 0.6 is 0 Å². The summed E-state index contributed by atoms with van der Waals surface area (Å²) in [4.78, 5) is 0.243. The summed E-state index contributed by atoms with van der Waals surface area (Å²) in [5.74, 6) is 0.352. The van der Waals surface area contributed by atoms with Gasteiger partial charge in [0.2, 0.25) is 10.0 Å². The Balaban J connectivity index is 1.53. The van der Waals surface area contributed by atoms with Gasteiger partial charge in [0.25, 0.3) is 0 Å². The number of hydrogen-bond donors (Lipinski definition) is 0. The fourth-order valence-electron chi connectivity index (χ4n) is 2.52. The number of benzene rings is 2. The summed E-state index contributed by atoms with van der Waals surface area (Å²) in [5.41, 5.74) is 0.856.